The zero-order valence-electron chi connectivity index (χ0n) is 9.62. The van der Waals surface area contributed by atoms with Crippen LogP contribution in [0.25, 0.3) is 0 Å². The highest BCUT2D eigenvalue weighted by atomic mass is 19.1. The molecule has 0 amide bonds. The molecule has 3 nitrogen and oxygen atoms in total. The fraction of sp³-hybridized carbons (Fsp3) is 0.308. The third-order valence-corrected chi connectivity index (χ3v) is 2.56. The Kier molecular flexibility index (Phi) is 4.27. The Morgan fingerprint density at radius 3 is 2.76 bits per heavy atom. The van der Waals surface area contributed by atoms with E-state index in [-0.39, 0.29) is 5.82 Å². The SMILES string of the molecule is Fc1ccc(CNCCCc2ncc[nH]2)cc1. The van der Waals surface area contributed by atoms with E-state index in [1.807, 2.05) is 6.20 Å². The lowest BCUT2D eigenvalue weighted by Crippen LogP contribution is -2.15. The summed E-state index contributed by atoms with van der Waals surface area (Å²) in [6.07, 6.45) is 5.58. The Hall–Kier alpha value is -1.68. The fourth-order valence-corrected chi connectivity index (χ4v) is 1.65. The van der Waals surface area contributed by atoms with Crippen molar-refractivity contribution in [3.63, 3.8) is 0 Å². The Bertz CT molecular complexity index is 422. The molecule has 2 N–H and O–H groups in total. The number of hydrogen-bond acceptors (Lipinski definition) is 2. The van der Waals surface area contributed by atoms with Crippen molar-refractivity contribution in [2.45, 2.75) is 19.4 Å². The van der Waals surface area contributed by atoms with Gasteiger partial charge >= 0.3 is 0 Å². The topological polar surface area (TPSA) is 40.7 Å². The number of rotatable bonds is 6. The van der Waals surface area contributed by atoms with Crippen LogP contribution in [0.1, 0.15) is 17.8 Å². The third-order valence-electron chi connectivity index (χ3n) is 2.56. The summed E-state index contributed by atoms with van der Waals surface area (Å²) in [5, 5.41) is 3.32. The fourth-order valence-electron chi connectivity index (χ4n) is 1.65. The third kappa shape index (κ3) is 4.00. The summed E-state index contributed by atoms with van der Waals surface area (Å²) in [5.74, 6) is 0.833. The molecular formula is C13H16FN3. The maximum Gasteiger partial charge on any atom is 0.123 e. The molecule has 17 heavy (non-hydrogen) atoms. The highest BCUT2D eigenvalue weighted by Crippen LogP contribution is 2.02. The van der Waals surface area contributed by atoms with Gasteiger partial charge in [-0.3, -0.25) is 0 Å². The lowest BCUT2D eigenvalue weighted by Gasteiger charge is -2.04. The van der Waals surface area contributed by atoms with Gasteiger partial charge in [-0.15, -0.1) is 0 Å². The number of aromatic amines is 1. The van der Waals surface area contributed by atoms with Crippen molar-refractivity contribution in [3.8, 4) is 0 Å². The van der Waals surface area contributed by atoms with Gasteiger partial charge in [-0.05, 0) is 30.7 Å². The molecule has 0 fully saturated rings. The highest BCUT2D eigenvalue weighted by Gasteiger charge is 1.96. The van der Waals surface area contributed by atoms with Crippen LogP contribution in [0.15, 0.2) is 36.7 Å². The predicted molar refractivity (Wildman–Crippen MR) is 65.0 cm³/mol. The summed E-state index contributed by atoms with van der Waals surface area (Å²) in [6.45, 7) is 1.70. The van der Waals surface area contributed by atoms with Gasteiger partial charge in [-0.2, -0.15) is 0 Å². The van der Waals surface area contributed by atoms with Crippen LogP contribution in [0, 0.1) is 5.82 Å². The molecule has 2 aromatic rings. The summed E-state index contributed by atoms with van der Waals surface area (Å²) < 4.78 is 12.7. The second kappa shape index (κ2) is 6.15. The molecule has 0 aliphatic carbocycles. The van der Waals surface area contributed by atoms with Crippen LogP contribution >= 0.6 is 0 Å². The van der Waals surface area contributed by atoms with Crippen molar-refractivity contribution in [2.75, 3.05) is 6.54 Å². The summed E-state index contributed by atoms with van der Waals surface area (Å²) in [6, 6.07) is 6.57. The van der Waals surface area contributed by atoms with Gasteiger partial charge in [0.2, 0.25) is 0 Å². The molecule has 0 spiro atoms. The van der Waals surface area contributed by atoms with Gasteiger partial charge in [-0.1, -0.05) is 12.1 Å². The van der Waals surface area contributed by atoms with Gasteiger partial charge in [0.15, 0.2) is 0 Å². The van der Waals surface area contributed by atoms with E-state index >= 15 is 0 Å². The quantitative estimate of drug-likeness (QED) is 0.751. The number of aromatic nitrogens is 2. The lowest BCUT2D eigenvalue weighted by atomic mass is 10.2. The van der Waals surface area contributed by atoms with Crippen LogP contribution < -0.4 is 5.32 Å². The Morgan fingerprint density at radius 2 is 2.06 bits per heavy atom. The first-order valence-corrected chi connectivity index (χ1v) is 5.78. The zero-order chi connectivity index (χ0) is 11.9. The number of nitrogens with zero attached hydrogens (tertiary/aromatic N) is 1. The molecule has 1 aromatic carbocycles. The first-order chi connectivity index (χ1) is 8.34. The monoisotopic (exact) mass is 233 g/mol. The van der Waals surface area contributed by atoms with Gasteiger partial charge in [0.05, 0.1) is 0 Å². The molecule has 90 valence electrons. The number of halogens is 1. The van der Waals surface area contributed by atoms with Crippen LogP contribution in [0.5, 0.6) is 0 Å². The summed E-state index contributed by atoms with van der Waals surface area (Å²) >= 11 is 0. The Labute approximate surface area is 100 Å². The number of imidazole rings is 1. The minimum atomic E-state index is -0.188. The van der Waals surface area contributed by atoms with Crippen molar-refractivity contribution in [1.29, 1.82) is 0 Å². The van der Waals surface area contributed by atoms with E-state index < -0.39 is 0 Å². The number of hydrogen-bond donors (Lipinski definition) is 2. The number of benzene rings is 1. The van der Waals surface area contributed by atoms with Gasteiger partial charge < -0.3 is 10.3 Å². The molecule has 0 atom stereocenters. The molecule has 0 radical (unpaired) electrons. The van der Waals surface area contributed by atoms with Crippen molar-refractivity contribution in [2.24, 2.45) is 0 Å². The number of H-pyrrole nitrogens is 1. The molecule has 0 aliphatic heterocycles. The predicted octanol–water partition coefficient (Wildman–Crippen LogP) is 2.27. The normalized spacial score (nSPS) is 10.6. The number of aryl methyl sites for hydroxylation is 1. The summed E-state index contributed by atoms with van der Waals surface area (Å²) in [4.78, 5) is 7.23. The van der Waals surface area contributed by atoms with Crippen LogP contribution in [0.3, 0.4) is 0 Å². The molecule has 0 unspecified atom stereocenters. The maximum absolute atomic E-state index is 12.7. The second-order valence-electron chi connectivity index (χ2n) is 3.94. The van der Waals surface area contributed by atoms with Crippen LogP contribution in [-0.4, -0.2) is 16.5 Å². The molecular weight excluding hydrogens is 217 g/mol. The first kappa shape index (κ1) is 11.8. The van der Waals surface area contributed by atoms with E-state index in [4.69, 9.17) is 0 Å². The minimum absolute atomic E-state index is 0.188. The summed E-state index contributed by atoms with van der Waals surface area (Å²) in [7, 11) is 0. The van der Waals surface area contributed by atoms with Crippen molar-refractivity contribution in [3.05, 3.63) is 53.9 Å². The first-order valence-electron chi connectivity index (χ1n) is 5.78. The minimum Gasteiger partial charge on any atom is -0.349 e. The van der Waals surface area contributed by atoms with E-state index in [1.54, 1.807) is 18.3 Å². The van der Waals surface area contributed by atoms with Crippen LogP contribution in [-0.2, 0) is 13.0 Å². The molecule has 1 aromatic heterocycles. The van der Waals surface area contributed by atoms with E-state index in [0.717, 1.165) is 37.3 Å². The highest BCUT2D eigenvalue weighted by molar-refractivity contribution is 5.15. The van der Waals surface area contributed by atoms with Crippen LogP contribution in [0.4, 0.5) is 4.39 Å². The average molecular weight is 233 g/mol. The van der Waals surface area contributed by atoms with Gasteiger partial charge in [0.1, 0.15) is 11.6 Å². The zero-order valence-corrected chi connectivity index (χ0v) is 9.62. The Morgan fingerprint density at radius 1 is 1.24 bits per heavy atom. The van der Waals surface area contributed by atoms with Gasteiger partial charge in [0, 0.05) is 25.4 Å². The maximum atomic E-state index is 12.7. The smallest absolute Gasteiger partial charge is 0.123 e. The number of nitrogens with one attached hydrogen (secondary N) is 2. The van der Waals surface area contributed by atoms with Crippen molar-refractivity contribution < 1.29 is 4.39 Å². The standard InChI is InChI=1S/C13H16FN3/c14-12-5-3-11(4-6-12)10-15-7-1-2-13-16-8-9-17-13/h3-6,8-9,15H,1-2,7,10H2,(H,16,17). The van der Waals surface area contributed by atoms with E-state index in [9.17, 15) is 4.39 Å². The summed E-state index contributed by atoms with van der Waals surface area (Å²) in [5.41, 5.74) is 1.10. The molecule has 0 aliphatic rings. The molecule has 4 heteroatoms. The van der Waals surface area contributed by atoms with Gasteiger partial charge in [-0.25, -0.2) is 9.37 Å². The van der Waals surface area contributed by atoms with Crippen LogP contribution in [0.2, 0.25) is 0 Å². The van der Waals surface area contributed by atoms with E-state index in [0.29, 0.717) is 0 Å². The van der Waals surface area contributed by atoms with E-state index in [2.05, 4.69) is 15.3 Å². The molecule has 2 rings (SSSR count). The average Bonchev–Trinajstić information content (AvgIpc) is 2.84. The largest absolute Gasteiger partial charge is 0.349 e. The molecule has 0 saturated carbocycles. The lowest BCUT2D eigenvalue weighted by molar-refractivity contribution is 0.621. The Balaban J connectivity index is 1.61. The second-order valence-corrected chi connectivity index (χ2v) is 3.94. The van der Waals surface area contributed by atoms with Crippen molar-refractivity contribution in [1.82, 2.24) is 15.3 Å². The molecule has 1 heterocycles. The molecule has 0 bridgehead atoms. The van der Waals surface area contributed by atoms with E-state index in [1.165, 1.54) is 12.1 Å². The van der Waals surface area contributed by atoms with Crippen molar-refractivity contribution >= 4 is 0 Å². The molecule has 0 saturated heterocycles. The van der Waals surface area contributed by atoms with Gasteiger partial charge in [0.25, 0.3) is 0 Å².